The molecule has 50 heavy (non-hydrogen) atoms. The van der Waals surface area contributed by atoms with Gasteiger partial charge in [-0.25, -0.2) is 0 Å². The Kier molecular flexibility index (Phi) is 5.47. The molecule has 0 radical (unpaired) electrons. The number of rotatable bonds is 3. The molecule has 0 saturated carbocycles. The number of hydrogen-bond acceptors (Lipinski definition) is 2. The molecule has 1 aromatic heterocycles. The van der Waals surface area contributed by atoms with Gasteiger partial charge < -0.3 is 4.90 Å². The van der Waals surface area contributed by atoms with Gasteiger partial charge in [0, 0.05) is 37.6 Å². The average molecular weight is 658 g/mol. The first-order valence-electron chi connectivity index (χ1n) is 17.7. The molecular weight excluding hydrogens is 623 g/mol. The van der Waals surface area contributed by atoms with Crippen LogP contribution in [-0.2, 0) is 10.8 Å². The number of hydrogen-bond donors (Lipinski definition) is 0. The van der Waals surface area contributed by atoms with Crippen LogP contribution in [0.1, 0.15) is 49.9 Å². The Balaban J connectivity index is 1.26. The molecule has 9 aromatic rings. The summed E-state index contributed by atoms with van der Waals surface area (Å²) >= 11 is 1.94. The van der Waals surface area contributed by atoms with Gasteiger partial charge >= 0.3 is 0 Å². The zero-order valence-corrected chi connectivity index (χ0v) is 29.5. The summed E-state index contributed by atoms with van der Waals surface area (Å²) in [4.78, 5) is 2.59. The molecule has 0 unspecified atom stereocenters. The van der Waals surface area contributed by atoms with Gasteiger partial charge in [-0.3, -0.25) is 0 Å². The van der Waals surface area contributed by atoms with E-state index in [0.29, 0.717) is 0 Å². The van der Waals surface area contributed by atoms with Crippen LogP contribution in [0.25, 0.3) is 64.0 Å². The first-order chi connectivity index (χ1) is 24.3. The third-order valence-electron chi connectivity index (χ3n) is 12.0. The van der Waals surface area contributed by atoms with Crippen molar-refractivity contribution in [1.82, 2.24) is 0 Å². The van der Waals surface area contributed by atoms with E-state index in [1.54, 1.807) is 0 Å². The molecule has 0 atom stereocenters. The summed E-state index contributed by atoms with van der Waals surface area (Å²) in [5.74, 6) is 0. The summed E-state index contributed by atoms with van der Waals surface area (Å²) in [6.07, 6.45) is 0. The van der Waals surface area contributed by atoms with Crippen molar-refractivity contribution < 1.29 is 0 Å². The molecule has 0 aliphatic heterocycles. The molecule has 2 heteroatoms. The SMILES string of the molecule is CC1(C)c2ccccc2-c2ccc(N(c3cccc4c3-c3ccccc3C4(C)C)c3ccc4c5ccccc5c5cccc6sc3c4c65)cc21. The number of anilines is 3. The first-order valence-corrected chi connectivity index (χ1v) is 18.5. The van der Waals surface area contributed by atoms with Crippen molar-refractivity contribution in [3.8, 4) is 22.3 Å². The zero-order chi connectivity index (χ0) is 33.5. The van der Waals surface area contributed by atoms with E-state index in [1.165, 1.54) is 103 Å². The molecule has 0 bridgehead atoms. The predicted molar refractivity (Wildman–Crippen MR) is 215 cm³/mol. The summed E-state index contributed by atoms with van der Waals surface area (Å²) < 4.78 is 2.68. The highest BCUT2D eigenvalue weighted by Gasteiger charge is 2.39. The summed E-state index contributed by atoms with van der Waals surface area (Å²) in [5.41, 5.74) is 14.4. The van der Waals surface area contributed by atoms with Gasteiger partial charge in [0.1, 0.15) is 0 Å². The molecule has 1 nitrogen and oxygen atoms in total. The van der Waals surface area contributed by atoms with Gasteiger partial charge in [-0.2, -0.15) is 0 Å². The maximum Gasteiger partial charge on any atom is 0.0641 e. The van der Waals surface area contributed by atoms with Crippen LogP contribution in [0, 0.1) is 0 Å². The lowest BCUT2D eigenvalue weighted by atomic mass is 9.82. The predicted octanol–water partition coefficient (Wildman–Crippen LogP) is 13.9. The molecule has 0 fully saturated rings. The van der Waals surface area contributed by atoms with E-state index >= 15 is 0 Å². The first kappa shape index (κ1) is 28.4. The van der Waals surface area contributed by atoms with Gasteiger partial charge in [-0.15, -0.1) is 11.3 Å². The van der Waals surface area contributed by atoms with Crippen LogP contribution in [0.5, 0.6) is 0 Å². The molecule has 1 heterocycles. The summed E-state index contributed by atoms with van der Waals surface area (Å²) in [6, 6.07) is 52.8. The van der Waals surface area contributed by atoms with Crippen molar-refractivity contribution in [2.75, 3.05) is 4.90 Å². The van der Waals surface area contributed by atoms with E-state index in [0.717, 1.165) is 0 Å². The second-order valence-corrected chi connectivity index (χ2v) is 16.3. The summed E-state index contributed by atoms with van der Waals surface area (Å²) in [6.45, 7) is 9.53. The fraction of sp³-hybridized carbons (Fsp3) is 0.125. The van der Waals surface area contributed by atoms with Crippen LogP contribution in [0.4, 0.5) is 17.1 Å². The molecule has 2 aliphatic rings. The Morgan fingerprint density at radius 3 is 1.84 bits per heavy atom. The maximum atomic E-state index is 2.59. The van der Waals surface area contributed by atoms with Crippen molar-refractivity contribution in [3.05, 3.63) is 162 Å². The molecular formula is C48H35NS. The van der Waals surface area contributed by atoms with Crippen molar-refractivity contribution in [3.63, 3.8) is 0 Å². The van der Waals surface area contributed by atoms with E-state index in [2.05, 4.69) is 172 Å². The minimum atomic E-state index is -0.100. The summed E-state index contributed by atoms with van der Waals surface area (Å²) in [7, 11) is 0. The van der Waals surface area contributed by atoms with E-state index in [1.807, 2.05) is 11.3 Å². The van der Waals surface area contributed by atoms with E-state index in [9.17, 15) is 0 Å². The van der Waals surface area contributed by atoms with Gasteiger partial charge in [0.05, 0.1) is 16.1 Å². The molecule has 0 saturated heterocycles. The number of nitrogens with zero attached hydrogens (tertiary/aromatic N) is 1. The smallest absolute Gasteiger partial charge is 0.0641 e. The summed E-state index contributed by atoms with van der Waals surface area (Å²) in [5, 5.41) is 8.09. The highest BCUT2D eigenvalue weighted by Crippen LogP contribution is 2.57. The second kappa shape index (κ2) is 9.62. The number of thiophene rings is 1. The van der Waals surface area contributed by atoms with Crippen molar-refractivity contribution >= 4 is 70.1 Å². The highest BCUT2D eigenvalue weighted by molar-refractivity contribution is 7.26. The monoisotopic (exact) mass is 657 g/mol. The molecule has 0 spiro atoms. The van der Waals surface area contributed by atoms with Crippen LogP contribution in [0.2, 0.25) is 0 Å². The minimum Gasteiger partial charge on any atom is -0.308 e. The van der Waals surface area contributed by atoms with Crippen LogP contribution < -0.4 is 4.90 Å². The third kappa shape index (κ3) is 3.47. The standard InChI is InChI=1S/C48H35NS/c1-47(2)37-19-10-8-16-35(37)43-38(47)20-12-21-40(43)49(28-23-24-32-31-15-7-9-18-36(31)48(3,4)39(32)27-28)41-26-25-34-30-14-6-5-13-29(30)33-17-11-22-42-44(33)45(34)46(41)50-42/h5-27H,1-4H3. The largest absolute Gasteiger partial charge is 0.308 e. The Morgan fingerprint density at radius 2 is 1.04 bits per heavy atom. The van der Waals surface area contributed by atoms with E-state index in [4.69, 9.17) is 0 Å². The quantitative estimate of drug-likeness (QED) is 0.171. The fourth-order valence-corrected chi connectivity index (χ4v) is 10.9. The minimum absolute atomic E-state index is 0.0919. The topological polar surface area (TPSA) is 3.24 Å². The van der Waals surface area contributed by atoms with Crippen molar-refractivity contribution in [2.24, 2.45) is 0 Å². The lowest BCUT2D eigenvalue weighted by molar-refractivity contribution is 0.660. The Morgan fingerprint density at radius 1 is 0.440 bits per heavy atom. The van der Waals surface area contributed by atoms with Crippen molar-refractivity contribution in [1.29, 1.82) is 0 Å². The van der Waals surface area contributed by atoms with E-state index in [-0.39, 0.29) is 10.8 Å². The molecule has 0 amide bonds. The lowest BCUT2D eigenvalue weighted by Gasteiger charge is -2.31. The second-order valence-electron chi connectivity index (χ2n) is 15.3. The average Bonchev–Trinajstić information content (AvgIpc) is 3.73. The van der Waals surface area contributed by atoms with Gasteiger partial charge in [0.25, 0.3) is 0 Å². The van der Waals surface area contributed by atoms with Crippen LogP contribution in [0.15, 0.2) is 140 Å². The highest BCUT2D eigenvalue weighted by atomic mass is 32.1. The van der Waals surface area contributed by atoms with E-state index < -0.39 is 0 Å². The Hall–Kier alpha value is -5.44. The van der Waals surface area contributed by atoms with Crippen LogP contribution >= 0.6 is 11.3 Å². The Labute approximate surface area is 296 Å². The fourth-order valence-electron chi connectivity index (χ4n) is 9.65. The third-order valence-corrected chi connectivity index (χ3v) is 13.2. The maximum absolute atomic E-state index is 2.59. The molecule has 11 rings (SSSR count). The normalized spacial score (nSPS) is 15.1. The van der Waals surface area contributed by atoms with Crippen LogP contribution in [-0.4, -0.2) is 0 Å². The molecule has 2 aliphatic carbocycles. The van der Waals surface area contributed by atoms with Gasteiger partial charge in [-0.1, -0.05) is 137 Å². The lowest BCUT2D eigenvalue weighted by Crippen LogP contribution is -2.17. The Bertz CT molecular complexity index is 2880. The van der Waals surface area contributed by atoms with Gasteiger partial charge in [-0.05, 0) is 90.8 Å². The van der Waals surface area contributed by atoms with Crippen molar-refractivity contribution in [2.45, 2.75) is 38.5 Å². The van der Waals surface area contributed by atoms with Gasteiger partial charge in [0.15, 0.2) is 0 Å². The molecule has 238 valence electrons. The number of benzene rings is 8. The molecule has 0 N–H and O–H groups in total. The number of fused-ring (bicyclic) bond motifs is 9. The molecule has 8 aromatic carbocycles. The van der Waals surface area contributed by atoms with Gasteiger partial charge in [0.2, 0.25) is 0 Å². The zero-order valence-electron chi connectivity index (χ0n) is 28.6. The van der Waals surface area contributed by atoms with Crippen LogP contribution in [0.3, 0.4) is 0 Å².